The van der Waals surface area contributed by atoms with Crippen molar-refractivity contribution in [2.45, 2.75) is 71.1 Å². The molecule has 0 bridgehead atoms. The number of carbonyl (C=O) groups is 1. The largest absolute Gasteiger partial charge is 0.493 e. The zero-order valence-corrected chi connectivity index (χ0v) is 13.3. The molecule has 0 N–H and O–H groups in total. The smallest absolute Gasteiger partial charge is 0.162 e. The molecule has 116 valence electrons. The van der Waals surface area contributed by atoms with Gasteiger partial charge in [0.05, 0.1) is 6.61 Å². The molecule has 0 saturated carbocycles. The second-order valence-corrected chi connectivity index (χ2v) is 6.07. The van der Waals surface area contributed by atoms with Gasteiger partial charge in [0.25, 0.3) is 0 Å². The van der Waals surface area contributed by atoms with Crippen molar-refractivity contribution in [2.75, 3.05) is 6.61 Å². The van der Waals surface area contributed by atoms with E-state index in [1.54, 1.807) is 0 Å². The Morgan fingerprint density at radius 1 is 1.10 bits per heavy atom. The van der Waals surface area contributed by atoms with Crippen molar-refractivity contribution >= 4 is 5.78 Å². The highest BCUT2D eigenvalue weighted by Crippen LogP contribution is 2.26. The number of ketones is 1. The molecule has 0 aliphatic carbocycles. The minimum absolute atomic E-state index is 0.289. The topological polar surface area (TPSA) is 26.3 Å². The molecule has 0 unspecified atom stereocenters. The molecule has 1 aromatic rings. The molecule has 21 heavy (non-hydrogen) atoms. The van der Waals surface area contributed by atoms with Crippen molar-refractivity contribution in [3.8, 4) is 5.75 Å². The lowest BCUT2D eigenvalue weighted by molar-refractivity contribution is 0.0979. The van der Waals surface area contributed by atoms with E-state index in [1.165, 1.54) is 44.1 Å². The number of ether oxygens (including phenoxy) is 1. The Labute approximate surface area is 128 Å². The van der Waals surface area contributed by atoms with Crippen LogP contribution in [-0.2, 0) is 6.42 Å². The third-order valence-electron chi connectivity index (χ3n) is 4.24. The Balaban J connectivity index is 1.71. The maximum absolute atomic E-state index is 12.2. The van der Waals surface area contributed by atoms with Crippen molar-refractivity contribution in [2.24, 2.45) is 0 Å². The molecule has 0 spiro atoms. The Hall–Kier alpha value is -1.31. The van der Waals surface area contributed by atoms with E-state index in [0.29, 0.717) is 6.42 Å². The minimum atomic E-state index is 0.289. The van der Waals surface area contributed by atoms with Gasteiger partial charge in [-0.3, -0.25) is 4.79 Å². The Morgan fingerprint density at radius 2 is 1.86 bits per heavy atom. The van der Waals surface area contributed by atoms with Crippen LogP contribution in [0.25, 0.3) is 0 Å². The average Bonchev–Trinajstić information content (AvgIpc) is 2.53. The zero-order chi connectivity index (χ0) is 14.9. The van der Waals surface area contributed by atoms with Gasteiger partial charge in [-0.25, -0.2) is 0 Å². The molecule has 2 rings (SSSR count). The van der Waals surface area contributed by atoms with Crippen LogP contribution < -0.4 is 4.74 Å². The third kappa shape index (κ3) is 5.18. The molecule has 0 atom stereocenters. The van der Waals surface area contributed by atoms with Crippen LogP contribution in [0.1, 0.15) is 80.6 Å². The van der Waals surface area contributed by atoms with Gasteiger partial charge in [-0.1, -0.05) is 45.4 Å². The van der Waals surface area contributed by atoms with Crippen LogP contribution in [0, 0.1) is 0 Å². The zero-order valence-electron chi connectivity index (χ0n) is 13.3. The van der Waals surface area contributed by atoms with Crippen LogP contribution in [0.2, 0.25) is 0 Å². The highest BCUT2D eigenvalue weighted by molar-refractivity contribution is 5.96. The Kier molecular flexibility index (Phi) is 6.78. The summed E-state index contributed by atoms with van der Waals surface area (Å²) in [6, 6.07) is 5.93. The van der Waals surface area contributed by atoms with E-state index in [-0.39, 0.29) is 5.78 Å². The van der Waals surface area contributed by atoms with E-state index in [2.05, 4.69) is 6.92 Å². The molecule has 1 heterocycles. The summed E-state index contributed by atoms with van der Waals surface area (Å²) >= 11 is 0. The molecule has 0 amide bonds. The standard InChI is InChI=1S/C19H28O2/c1-2-3-4-5-6-7-8-11-18(20)16-12-13-19-17(15-16)10-9-14-21-19/h12-13,15H,2-11,14H2,1H3. The van der Waals surface area contributed by atoms with Crippen molar-refractivity contribution in [3.05, 3.63) is 29.3 Å². The van der Waals surface area contributed by atoms with Crippen molar-refractivity contribution in [1.29, 1.82) is 0 Å². The summed E-state index contributed by atoms with van der Waals surface area (Å²) in [4.78, 5) is 12.2. The highest BCUT2D eigenvalue weighted by Gasteiger charge is 2.13. The van der Waals surface area contributed by atoms with E-state index in [4.69, 9.17) is 4.74 Å². The van der Waals surface area contributed by atoms with Crippen LogP contribution in [0.5, 0.6) is 5.75 Å². The van der Waals surface area contributed by atoms with E-state index in [1.807, 2.05) is 18.2 Å². The van der Waals surface area contributed by atoms with Gasteiger partial charge in [0.1, 0.15) is 5.75 Å². The molecule has 0 saturated heterocycles. The quantitative estimate of drug-likeness (QED) is 0.453. The number of hydrogen-bond acceptors (Lipinski definition) is 2. The Morgan fingerprint density at radius 3 is 2.67 bits per heavy atom. The number of fused-ring (bicyclic) bond motifs is 1. The van der Waals surface area contributed by atoms with Gasteiger partial charge in [-0.05, 0) is 43.0 Å². The summed E-state index contributed by atoms with van der Waals surface area (Å²) < 4.78 is 5.59. The lowest BCUT2D eigenvalue weighted by atomic mass is 9.98. The maximum Gasteiger partial charge on any atom is 0.162 e. The Bertz CT molecular complexity index is 451. The number of Topliss-reactive ketones (excluding diaryl/α,β-unsaturated/α-hetero) is 1. The van der Waals surface area contributed by atoms with Gasteiger partial charge in [-0.2, -0.15) is 0 Å². The summed E-state index contributed by atoms with van der Waals surface area (Å²) in [7, 11) is 0. The van der Waals surface area contributed by atoms with Gasteiger partial charge < -0.3 is 4.74 Å². The molecule has 1 aliphatic rings. The molecule has 1 aromatic carbocycles. The van der Waals surface area contributed by atoms with E-state index in [0.717, 1.165) is 37.2 Å². The fourth-order valence-electron chi connectivity index (χ4n) is 2.92. The summed E-state index contributed by atoms with van der Waals surface area (Å²) in [5.41, 5.74) is 2.07. The fraction of sp³-hybridized carbons (Fsp3) is 0.632. The van der Waals surface area contributed by atoms with E-state index in [9.17, 15) is 4.79 Å². The molecule has 0 aromatic heterocycles. The van der Waals surface area contributed by atoms with Crippen molar-refractivity contribution in [3.63, 3.8) is 0 Å². The van der Waals surface area contributed by atoms with E-state index >= 15 is 0 Å². The molecule has 0 radical (unpaired) electrons. The van der Waals surface area contributed by atoms with Crippen LogP contribution in [0.4, 0.5) is 0 Å². The van der Waals surface area contributed by atoms with Crippen LogP contribution in [0.15, 0.2) is 18.2 Å². The molecule has 2 heteroatoms. The number of benzene rings is 1. The lowest BCUT2D eigenvalue weighted by Crippen LogP contribution is -2.09. The van der Waals surface area contributed by atoms with Gasteiger partial charge in [0.2, 0.25) is 0 Å². The van der Waals surface area contributed by atoms with Crippen LogP contribution >= 0.6 is 0 Å². The second-order valence-electron chi connectivity index (χ2n) is 6.07. The number of rotatable bonds is 9. The first kappa shape index (κ1) is 16.1. The monoisotopic (exact) mass is 288 g/mol. The summed E-state index contributed by atoms with van der Waals surface area (Å²) in [5, 5.41) is 0. The summed E-state index contributed by atoms with van der Waals surface area (Å²) in [5.74, 6) is 1.26. The number of hydrogen-bond donors (Lipinski definition) is 0. The first-order chi connectivity index (χ1) is 10.3. The van der Waals surface area contributed by atoms with Crippen molar-refractivity contribution < 1.29 is 9.53 Å². The first-order valence-electron chi connectivity index (χ1n) is 8.60. The highest BCUT2D eigenvalue weighted by atomic mass is 16.5. The lowest BCUT2D eigenvalue weighted by Gasteiger charge is -2.17. The molecule has 0 fully saturated rings. The molecular weight excluding hydrogens is 260 g/mol. The fourth-order valence-corrected chi connectivity index (χ4v) is 2.92. The van der Waals surface area contributed by atoms with E-state index < -0.39 is 0 Å². The molecular formula is C19H28O2. The van der Waals surface area contributed by atoms with Gasteiger partial charge in [0.15, 0.2) is 5.78 Å². The van der Waals surface area contributed by atoms with Crippen molar-refractivity contribution in [1.82, 2.24) is 0 Å². The number of aryl methyl sites for hydroxylation is 1. The maximum atomic E-state index is 12.2. The predicted molar refractivity (Wildman–Crippen MR) is 87.2 cm³/mol. The second kappa shape index (κ2) is 8.86. The van der Waals surface area contributed by atoms with Gasteiger partial charge in [-0.15, -0.1) is 0 Å². The van der Waals surface area contributed by atoms with Crippen LogP contribution in [-0.4, -0.2) is 12.4 Å². The van der Waals surface area contributed by atoms with Gasteiger partial charge in [0, 0.05) is 12.0 Å². The minimum Gasteiger partial charge on any atom is -0.493 e. The molecule has 1 aliphatic heterocycles. The first-order valence-corrected chi connectivity index (χ1v) is 8.60. The third-order valence-corrected chi connectivity index (χ3v) is 4.24. The van der Waals surface area contributed by atoms with Gasteiger partial charge >= 0.3 is 0 Å². The summed E-state index contributed by atoms with van der Waals surface area (Å²) in [6.07, 6.45) is 11.6. The van der Waals surface area contributed by atoms with Crippen LogP contribution in [0.3, 0.4) is 0 Å². The molecule has 2 nitrogen and oxygen atoms in total. The normalized spacial score (nSPS) is 13.6. The SMILES string of the molecule is CCCCCCCCCC(=O)c1ccc2c(c1)CCCO2. The number of unbranched alkanes of at least 4 members (excludes halogenated alkanes) is 6. The average molecular weight is 288 g/mol. The summed E-state index contributed by atoms with van der Waals surface area (Å²) in [6.45, 7) is 3.04. The predicted octanol–water partition coefficient (Wildman–Crippen LogP) is 5.34. The number of carbonyl (C=O) groups excluding carboxylic acids is 1.